The lowest BCUT2D eigenvalue weighted by Crippen LogP contribution is -2.33. The molecule has 1 aliphatic rings. The summed E-state index contributed by atoms with van der Waals surface area (Å²) in [5.74, 6) is 1.46. The first-order valence-corrected chi connectivity index (χ1v) is 6.20. The van der Waals surface area contributed by atoms with Crippen molar-refractivity contribution in [2.24, 2.45) is 0 Å². The Labute approximate surface area is 107 Å². The number of rotatable bonds is 4. The molecule has 6 heteroatoms. The lowest BCUT2D eigenvalue weighted by molar-refractivity contribution is 0.0215. The number of nitrogen functional groups attached to an aromatic ring is 1. The molecule has 2 rings (SSSR count). The van der Waals surface area contributed by atoms with Crippen molar-refractivity contribution in [1.82, 2.24) is 9.97 Å². The normalized spacial score (nSPS) is 19.6. The van der Waals surface area contributed by atoms with Crippen molar-refractivity contribution in [1.29, 1.82) is 0 Å². The van der Waals surface area contributed by atoms with Crippen LogP contribution in [0, 0.1) is 0 Å². The summed E-state index contributed by atoms with van der Waals surface area (Å²) in [6.07, 6.45) is 3.76. The highest BCUT2D eigenvalue weighted by molar-refractivity contribution is 5.44. The van der Waals surface area contributed by atoms with Crippen molar-refractivity contribution >= 4 is 11.8 Å². The van der Waals surface area contributed by atoms with Crippen LogP contribution in [0.5, 0.6) is 5.88 Å². The molecule has 18 heavy (non-hydrogen) atoms. The minimum atomic E-state index is 0.223. The zero-order valence-corrected chi connectivity index (χ0v) is 10.9. The molecule has 2 N–H and O–H groups in total. The molecular weight excluding hydrogens is 232 g/mol. The Morgan fingerprint density at radius 1 is 1.50 bits per heavy atom. The molecule has 1 aromatic rings. The van der Waals surface area contributed by atoms with E-state index in [1.165, 1.54) is 6.42 Å². The Morgan fingerprint density at radius 2 is 2.33 bits per heavy atom. The molecule has 2 heterocycles. The summed E-state index contributed by atoms with van der Waals surface area (Å²) in [4.78, 5) is 10.2. The van der Waals surface area contributed by atoms with Crippen LogP contribution in [0.3, 0.4) is 0 Å². The summed E-state index contributed by atoms with van der Waals surface area (Å²) < 4.78 is 10.8. The molecule has 0 spiro atoms. The van der Waals surface area contributed by atoms with Gasteiger partial charge in [0.15, 0.2) is 0 Å². The maximum atomic E-state index is 5.71. The Bertz CT molecular complexity index is 394. The zero-order chi connectivity index (χ0) is 13.0. The predicted molar refractivity (Wildman–Crippen MR) is 69.9 cm³/mol. The summed E-state index contributed by atoms with van der Waals surface area (Å²) in [5.41, 5.74) is 5.65. The van der Waals surface area contributed by atoms with Gasteiger partial charge in [-0.2, -0.15) is 9.97 Å². The highest BCUT2D eigenvalue weighted by atomic mass is 16.5. The van der Waals surface area contributed by atoms with Gasteiger partial charge in [0.25, 0.3) is 0 Å². The van der Waals surface area contributed by atoms with Crippen molar-refractivity contribution in [2.45, 2.75) is 25.4 Å². The number of likely N-dealkylation sites (N-methyl/N-ethyl adjacent to an activating group) is 1. The second-order valence-electron chi connectivity index (χ2n) is 4.50. The number of hydrogen-bond acceptors (Lipinski definition) is 6. The van der Waals surface area contributed by atoms with Crippen molar-refractivity contribution < 1.29 is 9.47 Å². The van der Waals surface area contributed by atoms with Crippen molar-refractivity contribution in [3.8, 4) is 5.88 Å². The largest absolute Gasteiger partial charge is 0.481 e. The first kappa shape index (κ1) is 12.9. The molecule has 1 aromatic heterocycles. The van der Waals surface area contributed by atoms with Gasteiger partial charge < -0.3 is 20.1 Å². The Morgan fingerprint density at radius 3 is 3.00 bits per heavy atom. The number of hydrogen-bond donors (Lipinski definition) is 1. The molecule has 0 aliphatic carbocycles. The standard InChI is InChI=1S/C12H20N4O2/c1-16(8-9-5-3-4-6-18-9)10-7-11(17-2)15-12(13)14-10/h7,9H,3-6,8H2,1-2H3,(H2,13,14,15). The third-order valence-corrected chi connectivity index (χ3v) is 3.06. The molecular formula is C12H20N4O2. The average Bonchev–Trinajstić information content (AvgIpc) is 2.39. The monoisotopic (exact) mass is 252 g/mol. The summed E-state index contributed by atoms with van der Waals surface area (Å²) in [7, 11) is 3.54. The van der Waals surface area contributed by atoms with Gasteiger partial charge in [-0.3, -0.25) is 0 Å². The van der Waals surface area contributed by atoms with Crippen molar-refractivity contribution in [3.05, 3.63) is 6.07 Å². The lowest BCUT2D eigenvalue weighted by atomic mass is 10.1. The molecule has 1 saturated heterocycles. The fourth-order valence-corrected chi connectivity index (χ4v) is 2.08. The third-order valence-electron chi connectivity index (χ3n) is 3.06. The molecule has 6 nitrogen and oxygen atoms in total. The molecule has 0 saturated carbocycles. The maximum Gasteiger partial charge on any atom is 0.225 e. The molecule has 0 aromatic carbocycles. The van der Waals surface area contributed by atoms with E-state index in [0.717, 1.165) is 31.8 Å². The van der Waals surface area contributed by atoms with E-state index in [0.29, 0.717) is 5.88 Å². The van der Waals surface area contributed by atoms with E-state index in [1.54, 1.807) is 13.2 Å². The van der Waals surface area contributed by atoms with E-state index in [1.807, 2.05) is 11.9 Å². The minimum absolute atomic E-state index is 0.223. The van der Waals surface area contributed by atoms with Gasteiger partial charge in [0.05, 0.1) is 13.2 Å². The number of methoxy groups -OCH3 is 1. The fraction of sp³-hybridized carbons (Fsp3) is 0.667. The van der Waals surface area contributed by atoms with Crippen LogP contribution in [0.1, 0.15) is 19.3 Å². The first-order chi connectivity index (χ1) is 8.69. The quantitative estimate of drug-likeness (QED) is 0.864. The van der Waals surface area contributed by atoms with Crippen LogP contribution >= 0.6 is 0 Å². The van der Waals surface area contributed by atoms with Crippen molar-refractivity contribution in [2.75, 3.05) is 37.9 Å². The SMILES string of the molecule is COc1cc(N(C)CC2CCCCO2)nc(N)n1. The second-order valence-corrected chi connectivity index (χ2v) is 4.50. The highest BCUT2D eigenvalue weighted by Gasteiger charge is 2.17. The Hall–Kier alpha value is -1.56. The number of nitrogens with zero attached hydrogens (tertiary/aromatic N) is 3. The van der Waals surface area contributed by atoms with Gasteiger partial charge in [0.1, 0.15) is 5.82 Å². The van der Waals surface area contributed by atoms with Crippen molar-refractivity contribution in [3.63, 3.8) is 0 Å². The van der Waals surface area contributed by atoms with E-state index >= 15 is 0 Å². The molecule has 0 radical (unpaired) electrons. The van der Waals surface area contributed by atoms with E-state index < -0.39 is 0 Å². The van der Waals surface area contributed by atoms with Gasteiger partial charge in [-0.25, -0.2) is 0 Å². The summed E-state index contributed by atoms with van der Waals surface area (Å²) >= 11 is 0. The number of nitrogens with two attached hydrogens (primary N) is 1. The van der Waals surface area contributed by atoms with Crippen LogP contribution in [0.25, 0.3) is 0 Å². The van der Waals surface area contributed by atoms with Crippen LogP contribution in [-0.2, 0) is 4.74 Å². The van der Waals surface area contributed by atoms with Gasteiger partial charge in [-0.1, -0.05) is 0 Å². The van der Waals surface area contributed by atoms with Crippen LogP contribution in [0.15, 0.2) is 6.07 Å². The number of ether oxygens (including phenoxy) is 2. The van der Waals surface area contributed by atoms with E-state index in [9.17, 15) is 0 Å². The van der Waals surface area contributed by atoms with Gasteiger partial charge >= 0.3 is 0 Å². The molecule has 0 amide bonds. The molecule has 1 atom stereocenters. The lowest BCUT2D eigenvalue weighted by Gasteiger charge is -2.28. The number of aromatic nitrogens is 2. The van der Waals surface area contributed by atoms with E-state index in [4.69, 9.17) is 15.2 Å². The molecule has 1 unspecified atom stereocenters. The van der Waals surface area contributed by atoms with Gasteiger partial charge in [-0.15, -0.1) is 0 Å². The van der Waals surface area contributed by atoms with Crippen LogP contribution < -0.4 is 15.4 Å². The Kier molecular flexibility index (Phi) is 4.19. The van der Waals surface area contributed by atoms with Gasteiger partial charge in [0.2, 0.25) is 11.8 Å². The smallest absolute Gasteiger partial charge is 0.225 e. The maximum absolute atomic E-state index is 5.71. The summed E-state index contributed by atoms with van der Waals surface area (Å²) in [5, 5.41) is 0. The van der Waals surface area contributed by atoms with Crippen LogP contribution in [0.4, 0.5) is 11.8 Å². The van der Waals surface area contributed by atoms with E-state index in [2.05, 4.69) is 9.97 Å². The van der Waals surface area contributed by atoms with Gasteiger partial charge in [-0.05, 0) is 19.3 Å². The highest BCUT2D eigenvalue weighted by Crippen LogP contribution is 2.20. The third kappa shape index (κ3) is 3.22. The minimum Gasteiger partial charge on any atom is -0.481 e. The first-order valence-electron chi connectivity index (χ1n) is 6.20. The second kappa shape index (κ2) is 5.86. The topological polar surface area (TPSA) is 73.5 Å². The Balaban J connectivity index is 2.02. The summed E-state index contributed by atoms with van der Waals surface area (Å²) in [6.45, 7) is 1.66. The van der Waals surface area contributed by atoms with E-state index in [-0.39, 0.29) is 12.1 Å². The van der Waals surface area contributed by atoms with Crippen LogP contribution in [0.2, 0.25) is 0 Å². The fourth-order valence-electron chi connectivity index (χ4n) is 2.08. The molecule has 100 valence electrons. The van der Waals surface area contributed by atoms with Gasteiger partial charge in [0, 0.05) is 26.3 Å². The molecule has 1 aliphatic heterocycles. The number of anilines is 2. The zero-order valence-electron chi connectivity index (χ0n) is 10.9. The molecule has 1 fully saturated rings. The average molecular weight is 252 g/mol. The summed E-state index contributed by atoms with van der Waals surface area (Å²) in [6, 6.07) is 1.78. The predicted octanol–water partition coefficient (Wildman–Crippen LogP) is 1.07. The molecule has 0 bridgehead atoms. The van der Waals surface area contributed by atoms with Crippen LogP contribution in [-0.4, -0.2) is 43.4 Å².